The van der Waals surface area contributed by atoms with Crippen molar-refractivity contribution in [1.29, 1.82) is 0 Å². The van der Waals surface area contributed by atoms with E-state index in [4.69, 9.17) is 0 Å². The minimum absolute atomic E-state index is 0.505. The normalized spacial score (nSPS) is 25.8. The van der Waals surface area contributed by atoms with Crippen LogP contribution in [0.4, 0.5) is 0 Å². The summed E-state index contributed by atoms with van der Waals surface area (Å²) in [6.45, 7) is 13.2. The van der Waals surface area contributed by atoms with Crippen LogP contribution in [0.15, 0.2) is 0 Å². The van der Waals surface area contributed by atoms with Gasteiger partial charge in [0.2, 0.25) is 0 Å². The average Bonchev–Trinajstić information content (AvgIpc) is 2.12. The zero-order chi connectivity index (χ0) is 13.1. The van der Waals surface area contributed by atoms with Crippen molar-refractivity contribution in [2.45, 2.75) is 71.6 Å². The van der Waals surface area contributed by atoms with Crippen molar-refractivity contribution in [2.24, 2.45) is 10.8 Å². The van der Waals surface area contributed by atoms with E-state index in [0.29, 0.717) is 10.8 Å². The minimum Gasteiger partial charge on any atom is -0.314 e. The van der Waals surface area contributed by atoms with E-state index >= 15 is 0 Å². The van der Waals surface area contributed by atoms with Gasteiger partial charge < -0.3 is 5.32 Å². The van der Waals surface area contributed by atoms with Crippen LogP contribution in [-0.4, -0.2) is 24.1 Å². The lowest BCUT2D eigenvalue weighted by atomic mass is 9.63. The van der Waals surface area contributed by atoms with Crippen LogP contribution >= 0.6 is 11.8 Å². The standard InChI is InChI=1S/C15H31NS/c1-12(17-6)7-8-16-13-9-14(2,3)11-15(4,5)10-13/h12-13,16H,7-11H2,1-6H3. The molecule has 2 heteroatoms. The second kappa shape index (κ2) is 5.97. The molecule has 1 nitrogen and oxygen atoms in total. The first kappa shape index (κ1) is 15.4. The summed E-state index contributed by atoms with van der Waals surface area (Å²) in [4.78, 5) is 0. The Kier molecular flexibility index (Phi) is 5.39. The van der Waals surface area contributed by atoms with Crippen LogP contribution in [0.2, 0.25) is 0 Å². The van der Waals surface area contributed by atoms with Gasteiger partial charge in [-0.25, -0.2) is 0 Å². The van der Waals surface area contributed by atoms with E-state index in [1.54, 1.807) is 0 Å². The molecule has 0 aromatic heterocycles. The number of thioether (sulfide) groups is 1. The number of hydrogen-bond acceptors (Lipinski definition) is 2. The first-order valence-corrected chi connectivity index (χ1v) is 8.29. The molecule has 0 spiro atoms. The Hall–Kier alpha value is 0.310. The van der Waals surface area contributed by atoms with Crippen molar-refractivity contribution < 1.29 is 0 Å². The number of nitrogens with one attached hydrogen (secondary N) is 1. The van der Waals surface area contributed by atoms with Crippen molar-refractivity contribution in [3.63, 3.8) is 0 Å². The minimum atomic E-state index is 0.505. The fourth-order valence-corrected chi connectivity index (χ4v) is 3.95. The molecule has 0 radical (unpaired) electrons. The van der Waals surface area contributed by atoms with E-state index in [9.17, 15) is 0 Å². The predicted molar refractivity (Wildman–Crippen MR) is 80.8 cm³/mol. The zero-order valence-electron chi connectivity index (χ0n) is 12.6. The SMILES string of the molecule is CSC(C)CCNC1CC(C)(C)CC(C)(C)C1. The van der Waals surface area contributed by atoms with Gasteiger partial charge in [-0.3, -0.25) is 0 Å². The van der Waals surface area contributed by atoms with Crippen molar-refractivity contribution in [2.75, 3.05) is 12.8 Å². The van der Waals surface area contributed by atoms with E-state index in [1.165, 1.54) is 32.2 Å². The summed E-state index contributed by atoms with van der Waals surface area (Å²) >= 11 is 1.97. The van der Waals surface area contributed by atoms with Gasteiger partial charge in [0.15, 0.2) is 0 Å². The molecule has 1 aliphatic carbocycles. The summed E-state index contributed by atoms with van der Waals surface area (Å²) < 4.78 is 0. The molecule has 1 fully saturated rings. The van der Waals surface area contributed by atoms with Gasteiger partial charge in [-0.1, -0.05) is 34.6 Å². The van der Waals surface area contributed by atoms with E-state index in [0.717, 1.165) is 11.3 Å². The van der Waals surface area contributed by atoms with Crippen LogP contribution < -0.4 is 5.32 Å². The molecule has 0 saturated heterocycles. The van der Waals surface area contributed by atoms with Crippen molar-refractivity contribution in [1.82, 2.24) is 5.32 Å². The summed E-state index contributed by atoms with van der Waals surface area (Å²) in [5.74, 6) is 0. The summed E-state index contributed by atoms with van der Waals surface area (Å²) in [6, 6.07) is 0.725. The Morgan fingerprint density at radius 2 is 1.71 bits per heavy atom. The molecule has 1 aliphatic rings. The van der Waals surface area contributed by atoms with Gasteiger partial charge in [0, 0.05) is 11.3 Å². The molecule has 0 heterocycles. The maximum absolute atomic E-state index is 3.78. The molecule has 1 N–H and O–H groups in total. The van der Waals surface area contributed by atoms with Crippen LogP contribution in [0.25, 0.3) is 0 Å². The molecular formula is C15H31NS. The molecule has 1 saturated carbocycles. The average molecular weight is 257 g/mol. The maximum atomic E-state index is 3.78. The van der Waals surface area contributed by atoms with Gasteiger partial charge in [0.05, 0.1) is 0 Å². The highest BCUT2D eigenvalue weighted by Gasteiger charge is 2.37. The molecule has 17 heavy (non-hydrogen) atoms. The lowest BCUT2D eigenvalue weighted by Crippen LogP contribution is -2.44. The molecule has 0 bridgehead atoms. The van der Waals surface area contributed by atoms with E-state index in [-0.39, 0.29) is 0 Å². The third kappa shape index (κ3) is 5.65. The van der Waals surface area contributed by atoms with Gasteiger partial charge in [-0.2, -0.15) is 11.8 Å². The zero-order valence-corrected chi connectivity index (χ0v) is 13.4. The van der Waals surface area contributed by atoms with Gasteiger partial charge in [-0.15, -0.1) is 0 Å². The number of rotatable bonds is 5. The third-order valence-electron chi connectivity index (χ3n) is 3.94. The van der Waals surface area contributed by atoms with E-state index in [2.05, 4.69) is 46.2 Å². The first-order chi connectivity index (χ1) is 7.74. The van der Waals surface area contributed by atoms with E-state index in [1.807, 2.05) is 11.8 Å². The molecule has 0 aromatic rings. The largest absolute Gasteiger partial charge is 0.314 e. The Balaban J connectivity index is 2.38. The van der Waals surface area contributed by atoms with Crippen LogP contribution in [-0.2, 0) is 0 Å². The van der Waals surface area contributed by atoms with Crippen LogP contribution in [0, 0.1) is 10.8 Å². The van der Waals surface area contributed by atoms with E-state index < -0.39 is 0 Å². The highest BCUT2D eigenvalue weighted by atomic mass is 32.2. The Morgan fingerprint density at radius 1 is 1.18 bits per heavy atom. The Morgan fingerprint density at radius 3 is 2.18 bits per heavy atom. The second-order valence-corrected chi connectivity index (χ2v) is 8.68. The lowest BCUT2D eigenvalue weighted by Gasteiger charge is -2.45. The van der Waals surface area contributed by atoms with Crippen LogP contribution in [0.1, 0.15) is 60.3 Å². The molecule has 1 atom stereocenters. The highest BCUT2D eigenvalue weighted by molar-refractivity contribution is 7.99. The van der Waals surface area contributed by atoms with Gasteiger partial charge in [-0.05, 0) is 49.3 Å². The fourth-order valence-electron chi connectivity index (χ4n) is 3.60. The Bertz CT molecular complexity index is 219. The highest BCUT2D eigenvalue weighted by Crippen LogP contribution is 2.45. The van der Waals surface area contributed by atoms with Crippen LogP contribution in [0.5, 0.6) is 0 Å². The lowest BCUT2D eigenvalue weighted by molar-refractivity contribution is 0.0852. The molecule has 0 aliphatic heterocycles. The monoisotopic (exact) mass is 257 g/mol. The smallest absolute Gasteiger partial charge is 0.00772 e. The molecular weight excluding hydrogens is 226 g/mol. The van der Waals surface area contributed by atoms with Gasteiger partial charge in [0.25, 0.3) is 0 Å². The molecule has 0 amide bonds. The molecule has 1 unspecified atom stereocenters. The maximum Gasteiger partial charge on any atom is 0.00772 e. The second-order valence-electron chi connectivity index (χ2n) is 7.40. The van der Waals surface area contributed by atoms with Crippen molar-refractivity contribution in [3.8, 4) is 0 Å². The van der Waals surface area contributed by atoms with Gasteiger partial charge >= 0.3 is 0 Å². The fraction of sp³-hybridized carbons (Fsp3) is 1.00. The summed E-state index contributed by atoms with van der Waals surface area (Å²) in [5, 5.41) is 4.57. The molecule has 0 aromatic carbocycles. The first-order valence-electron chi connectivity index (χ1n) is 7.00. The quantitative estimate of drug-likeness (QED) is 0.787. The third-order valence-corrected chi connectivity index (χ3v) is 4.98. The number of hydrogen-bond donors (Lipinski definition) is 1. The summed E-state index contributed by atoms with van der Waals surface area (Å²) in [6.07, 6.45) is 7.53. The topological polar surface area (TPSA) is 12.0 Å². The summed E-state index contributed by atoms with van der Waals surface area (Å²) in [7, 11) is 0. The molecule has 102 valence electrons. The van der Waals surface area contributed by atoms with Gasteiger partial charge in [0.1, 0.15) is 0 Å². The summed E-state index contributed by atoms with van der Waals surface area (Å²) in [5.41, 5.74) is 1.01. The van der Waals surface area contributed by atoms with Crippen LogP contribution in [0.3, 0.4) is 0 Å². The predicted octanol–water partition coefficient (Wildman–Crippen LogP) is 4.32. The molecule has 1 rings (SSSR count). The van der Waals surface area contributed by atoms with Crippen molar-refractivity contribution >= 4 is 11.8 Å². The van der Waals surface area contributed by atoms with Crippen molar-refractivity contribution in [3.05, 3.63) is 0 Å². The Labute approximate surface area is 113 Å².